The lowest BCUT2D eigenvalue weighted by molar-refractivity contribution is 0.0619. The van der Waals surface area contributed by atoms with E-state index >= 15 is 0 Å². The van der Waals surface area contributed by atoms with Gasteiger partial charge in [0, 0.05) is 30.2 Å². The van der Waals surface area contributed by atoms with Gasteiger partial charge in [0.15, 0.2) is 5.76 Å². The van der Waals surface area contributed by atoms with Gasteiger partial charge in [-0.15, -0.1) is 0 Å². The summed E-state index contributed by atoms with van der Waals surface area (Å²) in [5.74, 6) is 1.37. The van der Waals surface area contributed by atoms with Crippen molar-refractivity contribution in [2.24, 2.45) is 5.92 Å². The highest BCUT2D eigenvalue weighted by Gasteiger charge is 2.30. The van der Waals surface area contributed by atoms with Gasteiger partial charge >= 0.3 is 6.03 Å². The summed E-state index contributed by atoms with van der Waals surface area (Å²) in [5, 5.41) is 5.92. The van der Waals surface area contributed by atoms with Crippen molar-refractivity contribution in [3.63, 3.8) is 0 Å². The minimum Gasteiger partial charge on any atom is -0.456 e. The SMILES string of the molecule is Cc1cc(C)c(C(=O)N2CCC[C@@H]([C@H](C)NC(=O)NC(C)(C)C)C2)o1. The number of urea groups is 1. The predicted molar refractivity (Wildman–Crippen MR) is 97.7 cm³/mol. The number of carbonyl (C=O) groups excluding carboxylic acids is 2. The molecule has 1 aliphatic heterocycles. The Kier molecular flexibility index (Phi) is 5.80. The molecule has 6 nitrogen and oxygen atoms in total. The monoisotopic (exact) mass is 349 g/mol. The van der Waals surface area contributed by atoms with Crippen LogP contribution >= 0.6 is 0 Å². The average molecular weight is 349 g/mol. The van der Waals surface area contributed by atoms with Crippen molar-refractivity contribution in [2.75, 3.05) is 13.1 Å². The summed E-state index contributed by atoms with van der Waals surface area (Å²) in [4.78, 5) is 26.7. The Morgan fingerprint density at radius 3 is 2.56 bits per heavy atom. The van der Waals surface area contributed by atoms with Crippen molar-refractivity contribution < 1.29 is 14.0 Å². The molecule has 1 aliphatic rings. The van der Waals surface area contributed by atoms with Crippen LogP contribution in [0.1, 0.15) is 62.4 Å². The largest absolute Gasteiger partial charge is 0.456 e. The average Bonchev–Trinajstić information content (AvgIpc) is 2.83. The van der Waals surface area contributed by atoms with Gasteiger partial charge in [-0.1, -0.05) is 0 Å². The van der Waals surface area contributed by atoms with E-state index in [2.05, 4.69) is 10.6 Å². The first kappa shape index (κ1) is 19.3. The molecule has 1 saturated heterocycles. The van der Waals surface area contributed by atoms with Crippen LogP contribution in [0.5, 0.6) is 0 Å². The van der Waals surface area contributed by atoms with E-state index in [9.17, 15) is 9.59 Å². The molecule has 6 heteroatoms. The number of likely N-dealkylation sites (tertiary alicyclic amines) is 1. The van der Waals surface area contributed by atoms with Crippen molar-refractivity contribution in [1.82, 2.24) is 15.5 Å². The molecule has 140 valence electrons. The molecule has 0 bridgehead atoms. The Bertz CT molecular complexity index is 630. The van der Waals surface area contributed by atoms with E-state index in [0.717, 1.165) is 30.7 Å². The van der Waals surface area contributed by atoms with E-state index in [1.54, 1.807) is 0 Å². The molecule has 0 saturated carbocycles. The van der Waals surface area contributed by atoms with Crippen LogP contribution in [0, 0.1) is 19.8 Å². The molecule has 0 spiro atoms. The second-order valence-electron chi connectivity index (χ2n) is 8.16. The zero-order valence-corrected chi connectivity index (χ0v) is 16.2. The molecule has 1 fully saturated rings. The third kappa shape index (κ3) is 5.25. The van der Waals surface area contributed by atoms with Crippen molar-refractivity contribution in [3.8, 4) is 0 Å². The topological polar surface area (TPSA) is 74.6 Å². The van der Waals surface area contributed by atoms with Gasteiger partial charge in [0.05, 0.1) is 0 Å². The van der Waals surface area contributed by atoms with Crippen LogP contribution in [0.4, 0.5) is 4.79 Å². The number of piperidine rings is 1. The van der Waals surface area contributed by atoms with Crippen LogP contribution in [0.25, 0.3) is 0 Å². The van der Waals surface area contributed by atoms with Gasteiger partial charge in [0.2, 0.25) is 0 Å². The number of nitrogens with one attached hydrogen (secondary N) is 2. The van der Waals surface area contributed by atoms with Gasteiger partial charge in [0.25, 0.3) is 5.91 Å². The fraction of sp³-hybridized carbons (Fsp3) is 0.684. The first-order valence-electron chi connectivity index (χ1n) is 9.02. The minimum atomic E-state index is -0.271. The highest BCUT2D eigenvalue weighted by Crippen LogP contribution is 2.23. The molecule has 0 aromatic carbocycles. The Morgan fingerprint density at radius 2 is 2.00 bits per heavy atom. The van der Waals surface area contributed by atoms with Crippen molar-refractivity contribution in [1.29, 1.82) is 0 Å². The van der Waals surface area contributed by atoms with Gasteiger partial charge in [-0.25, -0.2) is 4.79 Å². The first-order chi connectivity index (χ1) is 11.6. The first-order valence-corrected chi connectivity index (χ1v) is 9.02. The second kappa shape index (κ2) is 7.50. The number of carbonyl (C=O) groups is 2. The van der Waals surface area contributed by atoms with Gasteiger partial charge in [-0.2, -0.15) is 0 Å². The van der Waals surface area contributed by atoms with E-state index in [0.29, 0.717) is 12.3 Å². The van der Waals surface area contributed by atoms with Crippen LogP contribution in [0.2, 0.25) is 0 Å². The van der Waals surface area contributed by atoms with E-state index in [1.165, 1.54) is 0 Å². The third-order valence-electron chi connectivity index (χ3n) is 4.53. The summed E-state index contributed by atoms with van der Waals surface area (Å²) < 4.78 is 5.57. The van der Waals surface area contributed by atoms with Gasteiger partial charge < -0.3 is 20.0 Å². The Balaban J connectivity index is 1.97. The fourth-order valence-corrected chi connectivity index (χ4v) is 3.30. The molecule has 2 N–H and O–H groups in total. The normalized spacial score (nSPS) is 19.4. The van der Waals surface area contributed by atoms with E-state index < -0.39 is 0 Å². The van der Waals surface area contributed by atoms with Crippen LogP contribution < -0.4 is 10.6 Å². The van der Waals surface area contributed by atoms with Crippen LogP contribution in [0.3, 0.4) is 0 Å². The standard InChI is InChI=1S/C19H31N3O3/c1-12-10-13(2)25-16(12)17(23)22-9-7-8-15(11-22)14(3)20-18(24)21-19(4,5)6/h10,14-15H,7-9,11H2,1-6H3,(H2,20,21,24)/t14-,15+/m0/s1. The summed E-state index contributed by atoms with van der Waals surface area (Å²) >= 11 is 0. The van der Waals surface area contributed by atoms with Gasteiger partial charge in [0.1, 0.15) is 5.76 Å². The van der Waals surface area contributed by atoms with E-state index in [-0.39, 0.29) is 29.4 Å². The number of amides is 3. The Morgan fingerprint density at radius 1 is 1.32 bits per heavy atom. The van der Waals surface area contributed by atoms with E-state index in [1.807, 2.05) is 52.5 Å². The number of furan rings is 1. The Labute approximate surface area is 150 Å². The minimum absolute atomic E-state index is 0.00242. The number of nitrogens with zero attached hydrogens (tertiary/aromatic N) is 1. The summed E-state index contributed by atoms with van der Waals surface area (Å²) in [6.07, 6.45) is 1.93. The summed E-state index contributed by atoms with van der Waals surface area (Å²) in [6.45, 7) is 13.0. The summed E-state index contributed by atoms with van der Waals surface area (Å²) in [5.41, 5.74) is 0.605. The smallest absolute Gasteiger partial charge is 0.315 e. The molecule has 3 amide bonds. The maximum atomic E-state index is 12.7. The predicted octanol–water partition coefficient (Wildman–Crippen LogP) is 3.23. The molecular formula is C19H31N3O3. The van der Waals surface area contributed by atoms with E-state index in [4.69, 9.17) is 4.42 Å². The Hall–Kier alpha value is -1.98. The van der Waals surface area contributed by atoms with Crippen LogP contribution in [0.15, 0.2) is 10.5 Å². The zero-order valence-electron chi connectivity index (χ0n) is 16.2. The molecule has 0 aliphatic carbocycles. The molecule has 25 heavy (non-hydrogen) atoms. The summed E-state index contributed by atoms with van der Waals surface area (Å²) in [6, 6.07) is 1.72. The molecular weight excluding hydrogens is 318 g/mol. The molecule has 1 aromatic heterocycles. The fourth-order valence-electron chi connectivity index (χ4n) is 3.30. The number of aryl methyl sites for hydroxylation is 2. The quantitative estimate of drug-likeness (QED) is 0.880. The molecule has 2 atom stereocenters. The maximum Gasteiger partial charge on any atom is 0.315 e. The lowest BCUT2D eigenvalue weighted by Crippen LogP contribution is -2.53. The molecule has 0 radical (unpaired) electrons. The van der Waals surface area contributed by atoms with Gasteiger partial charge in [-0.3, -0.25) is 4.79 Å². The second-order valence-corrected chi connectivity index (χ2v) is 8.16. The van der Waals surface area contributed by atoms with Gasteiger partial charge in [-0.05, 0) is 66.4 Å². The summed E-state index contributed by atoms with van der Waals surface area (Å²) in [7, 11) is 0. The number of hydrogen-bond acceptors (Lipinski definition) is 3. The maximum absolute atomic E-state index is 12.7. The third-order valence-corrected chi connectivity index (χ3v) is 4.53. The highest BCUT2D eigenvalue weighted by molar-refractivity contribution is 5.93. The number of hydrogen-bond donors (Lipinski definition) is 2. The molecule has 0 unspecified atom stereocenters. The highest BCUT2D eigenvalue weighted by atomic mass is 16.4. The molecule has 2 heterocycles. The van der Waals surface area contributed by atoms with Crippen LogP contribution in [-0.2, 0) is 0 Å². The van der Waals surface area contributed by atoms with Crippen LogP contribution in [-0.4, -0.2) is 41.5 Å². The zero-order chi connectivity index (χ0) is 18.8. The lowest BCUT2D eigenvalue weighted by Gasteiger charge is -2.36. The lowest BCUT2D eigenvalue weighted by atomic mass is 9.91. The number of rotatable bonds is 3. The van der Waals surface area contributed by atoms with Crippen molar-refractivity contribution in [2.45, 2.75) is 66.0 Å². The van der Waals surface area contributed by atoms with Crippen molar-refractivity contribution >= 4 is 11.9 Å². The molecule has 1 aromatic rings. The molecule has 2 rings (SSSR count). The van der Waals surface area contributed by atoms with Crippen molar-refractivity contribution in [3.05, 3.63) is 23.2 Å².